The molecular formula is C14H21FN2O2S. The van der Waals surface area contributed by atoms with Crippen molar-refractivity contribution >= 4 is 10.0 Å². The number of halogens is 1. The van der Waals surface area contributed by atoms with E-state index in [0.29, 0.717) is 12.5 Å². The third-order valence-corrected chi connectivity index (χ3v) is 5.43. The second-order valence-electron chi connectivity index (χ2n) is 5.26. The maximum absolute atomic E-state index is 13.6. The van der Waals surface area contributed by atoms with Gasteiger partial charge >= 0.3 is 0 Å². The lowest BCUT2D eigenvalue weighted by atomic mass is 10.1. The molecule has 0 aromatic heterocycles. The summed E-state index contributed by atoms with van der Waals surface area (Å²) < 4.78 is 40.5. The van der Waals surface area contributed by atoms with Gasteiger partial charge in [-0.05, 0) is 24.5 Å². The lowest BCUT2D eigenvalue weighted by Crippen LogP contribution is -2.27. The van der Waals surface area contributed by atoms with Gasteiger partial charge < -0.3 is 5.73 Å². The van der Waals surface area contributed by atoms with E-state index >= 15 is 0 Å². The Morgan fingerprint density at radius 2 is 2.00 bits per heavy atom. The molecular weight excluding hydrogens is 279 g/mol. The van der Waals surface area contributed by atoms with Gasteiger partial charge in [-0.2, -0.15) is 0 Å². The number of benzene rings is 1. The topological polar surface area (TPSA) is 72.2 Å². The summed E-state index contributed by atoms with van der Waals surface area (Å²) in [5, 5.41) is 0. The summed E-state index contributed by atoms with van der Waals surface area (Å²) in [6.07, 6.45) is 5.66. The summed E-state index contributed by atoms with van der Waals surface area (Å²) in [5.41, 5.74) is 5.49. The van der Waals surface area contributed by atoms with Crippen LogP contribution in [-0.4, -0.2) is 15.0 Å². The summed E-state index contributed by atoms with van der Waals surface area (Å²) in [4.78, 5) is -0.0496. The quantitative estimate of drug-likeness (QED) is 0.845. The van der Waals surface area contributed by atoms with Crippen molar-refractivity contribution in [1.82, 2.24) is 4.72 Å². The number of nitrogens with one attached hydrogen (secondary N) is 1. The fraction of sp³-hybridized carbons (Fsp3) is 0.571. The van der Waals surface area contributed by atoms with Gasteiger partial charge in [0.25, 0.3) is 0 Å². The van der Waals surface area contributed by atoms with Crippen molar-refractivity contribution in [2.45, 2.75) is 43.5 Å². The Kier molecular flexibility index (Phi) is 5.12. The molecule has 0 saturated heterocycles. The second kappa shape index (κ2) is 6.65. The largest absolute Gasteiger partial charge is 0.326 e. The highest BCUT2D eigenvalue weighted by molar-refractivity contribution is 7.89. The first-order valence-corrected chi connectivity index (χ1v) is 8.50. The molecule has 0 bridgehead atoms. The van der Waals surface area contributed by atoms with Gasteiger partial charge in [0, 0.05) is 18.7 Å². The molecule has 6 heteroatoms. The van der Waals surface area contributed by atoms with Crippen molar-refractivity contribution in [2.24, 2.45) is 11.7 Å². The highest BCUT2D eigenvalue weighted by Crippen LogP contribution is 2.27. The molecule has 0 spiro atoms. The molecule has 1 aliphatic rings. The van der Waals surface area contributed by atoms with Gasteiger partial charge in [-0.15, -0.1) is 0 Å². The molecule has 0 amide bonds. The predicted molar refractivity (Wildman–Crippen MR) is 76.1 cm³/mol. The normalized spacial score (nSPS) is 16.7. The van der Waals surface area contributed by atoms with E-state index in [9.17, 15) is 12.8 Å². The Labute approximate surface area is 119 Å². The van der Waals surface area contributed by atoms with Crippen LogP contribution in [0.2, 0.25) is 0 Å². The van der Waals surface area contributed by atoms with Gasteiger partial charge in [-0.1, -0.05) is 31.7 Å². The average Bonchev–Trinajstić information content (AvgIpc) is 2.91. The monoisotopic (exact) mass is 300 g/mol. The minimum atomic E-state index is -3.69. The van der Waals surface area contributed by atoms with Crippen LogP contribution in [0.4, 0.5) is 4.39 Å². The highest BCUT2D eigenvalue weighted by Gasteiger charge is 2.21. The fourth-order valence-electron chi connectivity index (χ4n) is 2.76. The van der Waals surface area contributed by atoms with Crippen LogP contribution in [0.3, 0.4) is 0 Å². The Morgan fingerprint density at radius 3 is 2.65 bits per heavy atom. The van der Waals surface area contributed by atoms with E-state index < -0.39 is 15.8 Å². The number of sulfonamides is 1. The van der Waals surface area contributed by atoms with Gasteiger partial charge in [0.1, 0.15) is 5.82 Å². The van der Waals surface area contributed by atoms with Gasteiger partial charge in [0.05, 0.1) is 4.90 Å². The van der Waals surface area contributed by atoms with Gasteiger partial charge in [-0.25, -0.2) is 17.5 Å². The molecule has 0 unspecified atom stereocenters. The molecule has 3 N–H and O–H groups in total. The first-order valence-electron chi connectivity index (χ1n) is 7.01. The molecule has 4 nitrogen and oxygen atoms in total. The standard InChI is InChI=1S/C14H21FN2O2S/c15-13-6-3-7-14(12(13)10-16)20(18,19)17-9-8-11-4-1-2-5-11/h3,6-7,11,17H,1-2,4-5,8-10,16H2. The Morgan fingerprint density at radius 1 is 1.30 bits per heavy atom. The second-order valence-corrected chi connectivity index (χ2v) is 6.99. The summed E-state index contributed by atoms with van der Waals surface area (Å²) in [6.45, 7) is 0.263. The molecule has 0 atom stereocenters. The molecule has 1 aliphatic carbocycles. The molecule has 112 valence electrons. The molecule has 1 aromatic rings. The van der Waals surface area contributed by atoms with Crippen LogP contribution in [0, 0.1) is 11.7 Å². The zero-order chi connectivity index (χ0) is 14.6. The van der Waals surface area contributed by atoms with Crippen LogP contribution < -0.4 is 10.5 Å². The van der Waals surface area contributed by atoms with E-state index in [-0.39, 0.29) is 17.0 Å². The van der Waals surface area contributed by atoms with Crippen LogP contribution in [-0.2, 0) is 16.6 Å². The first-order chi connectivity index (χ1) is 9.54. The van der Waals surface area contributed by atoms with E-state index in [2.05, 4.69) is 4.72 Å². The molecule has 0 heterocycles. The van der Waals surface area contributed by atoms with Crippen molar-refractivity contribution in [2.75, 3.05) is 6.54 Å². The molecule has 2 rings (SSSR count). The number of hydrogen-bond donors (Lipinski definition) is 2. The summed E-state index contributed by atoms with van der Waals surface area (Å²) in [7, 11) is -3.69. The minimum absolute atomic E-state index is 0.0425. The van der Waals surface area contributed by atoms with Crippen LogP contribution >= 0.6 is 0 Å². The predicted octanol–water partition coefficient (Wildman–Crippen LogP) is 2.14. The van der Waals surface area contributed by atoms with Gasteiger partial charge in [0.2, 0.25) is 10.0 Å². The van der Waals surface area contributed by atoms with Crippen molar-refractivity contribution in [3.05, 3.63) is 29.6 Å². The average molecular weight is 300 g/mol. The Hall–Kier alpha value is -0.980. The van der Waals surface area contributed by atoms with Crippen molar-refractivity contribution in [3.63, 3.8) is 0 Å². The third kappa shape index (κ3) is 3.56. The van der Waals surface area contributed by atoms with Crippen molar-refractivity contribution < 1.29 is 12.8 Å². The molecule has 20 heavy (non-hydrogen) atoms. The van der Waals surface area contributed by atoms with E-state index in [4.69, 9.17) is 5.73 Å². The van der Waals surface area contributed by atoms with Gasteiger partial charge in [-0.3, -0.25) is 0 Å². The van der Waals surface area contributed by atoms with E-state index in [1.165, 1.54) is 43.9 Å². The van der Waals surface area contributed by atoms with E-state index in [1.54, 1.807) is 0 Å². The van der Waals surface area contributed by atoms with Crippen LogP contribution in [0.5, 0.6) is 0 Å². The molecule has 1 aromatic carbocycles. The molecule has 0 radical (unpaired) electrons. The highest BCUT2D eigenvalue weighted by atomic mass is 32.2. The fourth-order valence-corrected chi connectivity index (χ4v) is 4.07. The molecule has 0 aliphatic heterocycles. The smallest absolute Gasteiger partial charge is 0.240 e. The number of hydrogen-bond acceptors (Lipinski definition) is 3. The first kappa shape index (κ1) is 15.4. The Bertz CT molecular complexity index is 554. The van der Waals surface area contributed by atoms with Crippen LogP contribution in [0.25, 0.3) is 0 Å². The zero-order valence-corrected chi connectivity index (χ0v) is 12.3. The van der Waals surface area contributed by atoms with E-state index in [0.717, 1.165) is 6.42 Å². The van der Waals surface area contributed by atoms with Crippen LogP contribution in [0.15, 0.2) is 23.1 Å². The van der Waals surface area contributed by atoms with E-state index in [1.807, 2.05) is 0 Å². The lowest BCUT2D eigenvalue weighted by Gasteiger charge is -2.13. The summed E-state index contributed by atoms with van der Waals surface area (Å²) >= 11 is 0. The zero-order valence-electron chi connectivity index (χ0n) is 11.4. The maximum Gasteiger partial charge on any atom is 0.240 e. The summed E-state index contributed by atoms with van der Waals surface area (Å²) in [6, 6.07) is 4.00. The van der Waals surface area contributed by atoms with Crippen LogP contribution in [0.1, 0.15) is 37.7 Å². The lowest BCUT2D eigenvalue weighted by molar-refractivity contribution is 0.495. The number of nitrogens with two attached hydrogens (primary N) is 1. The van der Waals surface area contributed by atoms with Crippen molar-refractivity contribution in [3.8, 4) is 0 Å². The SMILES string of the molecule is NCc1c(F)cccc1S(=O)(=O)NCCC1CCCC1. The number of rotatable bonds is 6. The van der Waals surface area contributed by atoms with Crippen molar-refractivity contribution in [1.29, 1.82) is 0 Å². The Balaban J connectivity index is 2.04. The minimum Gasteiger partial charge on any atom is -0.326 e. The molecule has 1 fully saturated rings. The van der Waals surface area contributed by atoms with Gasteiger partial charge in [0.15, 0.2) is 0 Å². The summed E-state index contributed by atoms with van der Waals surface area (Å²) in [5.74, 6) is 0.0327. The molecule has 1 saturated carbocycles. The third-order valence-electron chi connectivity index (χ3n) is 3.89. The maximum atomic E-state index is 13.6.